The van der Waals surface area contributed by atoms with E-state index in [9.17, 15) is 4.79 Å². The fraction of sp³-hybridized carbons (Fsp3) is 0.263. The first-order valence-electron chi connectivity index (χ1n) is 8.24. The molecule has 0 amide bonds. The highest BCUT2D eigenvalue weighted by atomic mass is 16.3. The van der Waals surface area contributed by atoms with Gasteiger partial charge in [0.05, 0.1) is 11.8 Å². The van der Waals surface area contributed by atoms with Crippen LogP contribution in [0.1, 0.15) is 46.6 Å². The van der Waals surface area contributed by atoms with Crippen LogP contribution in [0.3, 0.4) is 0 Å². The lowest BCUT2D eigenvalue weighted by atomic mass is 9.85. The Morgan fingerprint density at radius 3 is 2.79 bits per heavy atom. The van der Waals surface area contributed by atoms with E-state index in [4.69, 9.17) is 4.42 Å². The number of aryl methyl sites for hydroxylation is 1. The van der Waals surface area contributed by atoms with Gasteiger partial charge in [0.1, 0.15) is 5.76 Å². The molecular weight excluding hydrogens is 302 g/mol. The number of aromatic amines is 1. The Hall–Kier alpha value is -2.82. The molecule has 0 saturated heterocycles. The van der Waals surface area contributed by atoms with Gasteiger partial charge in [-0.2, -0.15) is 5.10 Å². The molecule has 0 saturated carbocycles. The molecule has 1 aliphatic carbocycles. The van der Waals surface area contributed by atoms with Crippen molar-refractivity contribution in [3.05, 3.63) is 65.2 Å². The summed E-state index contributed by atoms with van der Waals surface area (Å²) < 4.78 is 5.46. The van der Waals surface area contributed by atoms with Crippen molar-refractivity contribution >= 4 is 17.3 Å². The second-order valence-corrected chi connectivity index (χ2v) is 6.15. The van der Waals surface area contributed by atoms with Gasteiger partial charge >= 0.3 is 0 Å². The maximum atomic E-state index is 12.6. The summed E-state index contributed by atoms with van der Waals surface area (Å²) in [7, 11) is 0. The minimum Gasteiger partial charge on any atom is -0.469 e. The number of carbonyl (C=O) groups is 1. The van der Waals surface area contributed by atoms with E-state index < -0.39 is 0 Å². The average Bonchev–Trinajstić information content (AvgIpc) is 3.26. The second kappa shape index (κ2) is 6.00. The molecule has 2 heterocycles. The van der Waals surface area contributed by atoms with Gasteiger partial charge in [0.25, 0.3) is 0 Å². The molecule has 2 aromatic heterocycles. The summed E-state index contributed by atoms with van der Waals surface area (Å²) in [5.74, 6) is 1.64. The monoisotopic (exact) mass is 321 g/mol. The van der Waals surface area contributed by atoms with E-state index in [2.05, 4.69) is 34.6 Å². The van der Waals surface area contributed by atoms with Crippen LogP contribution in [0, 0.1) is 0 Å². The molecule has 5 heteroatoms. The van der Waals surface area contributed by atoms with E-state index in [1.54, 1.807) is 6.26 Å². The number of hydrogen-bond acceptors (Lipinski definition) is 4. The van der Waals surface area contributed by atoms with E-state index in [1.807, 2.05) is 24.3 Å². The van der Waals surface area contributed by atoms with E-state index in [0.717, 1.165) is 30.0 Å². The van der Waals surface area contributed by atoms with Crippen molar-refractivity contribution in [2.45, 2.75) is 32.1 Å². The first-order valence-corrected chi connectivity index (χ1v) is 8.24. The predicted molar refractivity (Wildman–Crippen MR) is 91.8 cm³/mol. The summed E-state index contributed by atoms with van der Waals surface area (Å²) in [6.45, 7) is 2.13. The zero-order chi connectivity index (χ0) is 16.5. The van der Waals surface area contributed by atoms with Crippen LogP contribution in [0.25, 0.3) is 0 Å². The first-order chi connectivity index (χ1) is 11.7. The first kappa shape index (κ1) is 14.8. The van der Waals surface area contributed by atoms with Gasteiger partial charge in [-0.05, 0) is 36.2 Å². The summed E-state index contributed by atoms with van der Waals surface area (Å²) in [4.78, 5) is 12.6. The van der Waals surface area contributed by atoms with E-state index in [-0.39, 0.29) is 11.7 Å². The Morgan fingerprint density at radius 2 is 2.08 bits per heavy atom. The van der Waals surface area contributed by atoms with Crippen molar-refractivity contribution in [3.8, 4) is 0 Å². The number of Topliss-reactive ketones (excluding diaryl/α,β-unsaturated/α-hetero) is 1. The van der Waals surface area contributed by atoms with Gasteiger partial charge in [-0.15, -0.1) is 0 Å². The van der Waals surface area contributed by atoms with E-state index in [0.29, 0.717) is 17.8 Å². The van der Waals surface area contributed by atoms with Crippen LogP contribution in [0.4, 0.5) is 11.5 Å². The Kier molecular flexibility index (Phi) is 3.69. The van der Waals surface area contributed by atoms with Crippen molar-refractivity contribution < 1.29 is 9.21 Å². The number of nitrogens with zero attached hydrogens (tertiary/aromatic N) is 1. The standard InChI is InChI=1S/C19H19N3O2/c1-2-12-5-7-14(8-6-12)20-19-18-15(21-22-19)10-13(11-16(18)23)17-4-3-9-24-17/h3-9,13H,2,10-11H2,1H3,(H2,20,21,22). The summed E-state index contributed by atoms with van der Waals surface area (Å²) >= 11 is 0. The molecule has 1 aliphatic rings. The Bertz CT molecular complexity index is 847. The van der Waals surface area contributed by atoms with Gasteiger partial charge < -0.3 is 9.73 Å². The van der Waals surface area contributed by atoms with Crippen molar-refractivity contribution in [1.82, 2.24) is 10.2 Å². The Balaban J connectivity index is 1.58. The summed E-state index contributed by atoms with van der Waals surface area (Å²) in [5.41, 5.74) is 3.77. The lowest BCUT2D eigenvalue weighted by Crippen LogP contribution is -2.18. The summed E-state index contributed by atoms with van der Waals surface area (Å²) in [6.07, 6.45) is 3.83. The number of anilines is 2. The molecule has 0 aliphatic heterocycles. The summed E-state index contributed by atoms with van der Waals surface area (Å²) in [6, 6.07) is 12.0. The molecule has 0 spiro atoms. The minimum atomic E-state index is 0.0807. The molecule has 1 unspecified atom stereocenters. The van der Waals surface area contributed by atoms with E-state index >= 15 is 0 Å². The van der Waals surface area contributed by atoms with Crippen molar-refractivity contribution in [2.24, 2.45) is 0 Å². The molecule has 5 nitrogen and oxygen atoms in total. The van der Waals surface area contributed by atoms with E-state index in [1.165, 1.54) is 5.56 Å². The number of nitrogens with one attached hydrogen (secondary N) is 2. The number of benzene rings is 1. The number of furan rings is 1. The molecule has 0 radical (unpaired) electrons. The van der Waals surface area contributed by atoms with Crippen LogP contribution in [-0.4, -0.2) is 16.0 Å². The van der Waals surface area contributed by atoms with Gasteiger partial charge in [0.2, 0.25) is 0 Å². The smallest absolute Gasteiger partial charge is 0.169 e. The molecule has 1 aromatic carbocycles. The molecule has 0 bridgehead atoms. The third-order valence-corrected chi connectivity index (χ3v) is 4.57. The van der Waals surface area contributed by atoms with Crippen LogP contribution in [0.2, 0.25) is 0 Å². The topological polar surface area (TPSA) is 70.9 Å². The van der Waals surface area contributed by atoms with Crippen LogP contribution in [-0.2, 0) is 12.8 Å². The van der Waals surface area contributed by atoms with Crippen molar-refractivity contribution in [2.75, 3.05) is 5.32 Å². The molecule has 24 heavy (non-hydrogen) atoms. The number of ketones is 1. The fourth-order valence-electron chi connectivity index (χ4n) is 3.25. The zero-order valence-electron chi connectivity index (χ0n) is 13.5. The molecule has 0 fully saturated rings. The number of H-pyrrole nitrogens is 1. The number of aromatic nitrogens is 2. The highest BCUT2D eigenvalue weighted by Crippen LogP contribution is 2.35. The number of hydrogen-bond donors (Lipinski definition) is 2. The highest BCUT2D eigenvalue weighted by molar-refractivity contribution is 6.03. The van der Waals surface area contributed by atoms with Crippen LogP contribution >= 0.6 is 0 Å². The van der Waals surface area contributed by atoms with Crippen LogP contribution in [0.5, 0.6) is 0 Å². The molecular formula is C19H19N3O2. The van der Waals surface area contributed by atoms with Gasteiger partial charge in [-0.3, -0.25) is 9.89 Å². The van der Waals surface area contributed by atoms with Crippen LogP contribution in [0.15, 0.2) is 47.1 Å². The van der Waals surface area contributed by atoms with Gasteiger partial charge in [-0.25, -0.2) is 0 Å². The summed E-state index contributed by atoms with van der Waals surface area (Å²) in [5, 5.41) is 10.6. The minimum absolute atomic E-state index is 0.0807. The molecule has 3 aromatic rings. The second-order valence-electron chi connectivity index (χ2n) is 6.15. The highest BCUT2D eigenvalue weighted by Gasteiger charge is 2.32. The Morgan fingerprint density at radius 1 is 1.25 bits per heavy atom. The van der Waals surface area contributed by atoms with Crippen LogP contribution < -0.4 is 5.32 Å². The largest absolute Gasteiger partial charge is 0.469 e. The Labute approximate surface area is 140 Å². The van der Waals surface area contributed by atoms with Crippen molar-refractivity contribution in [1.29, 1.82) is 0 Å². The maximum Gasteiger partial charge on any atom is 0.169 e. The average molecular weight is 321 g/mol. The molecule has 122 valence electrons. The van der Waals surface area contributed by atoms with Gasteiger partial charge in [0.15, 0.2) is 11.6 Å². The lowest BCUT2D eigenvalue weighted by Gasteiger charge is -2.19. The zero-order valence-corrected chi connectivity index (χ0v) is 13.5. The third-order valence-electron chi connectivity index (χ3n) is 4.57. The normalized spacial score (nSPS) is 16.9. The maximum absolute atomic E-state index is 12.6. The van der Waals surface area contributed by atoms with Gasteiger partial charge in [0, 0.05) is 30.1 Å². The predicted octanol–water partition coefficient (Wildman–Crippen LogP) is 4.22. The molecule has 1 atom stereocenters. The number of carbonyl (C=O) groups excluding carboxylic acids is 1. The number of rotatable bonds is 4. The third kappa shape index (κ3) is 2.62. The fourth-order valence-corrected chi connectivity index (χ4v) is 3.25. The van der Waals surface area contributed by atoms with Gasteiger partial charge in [-0.1, -0.05) is 19.1 Å². The van der Waals surface area contributed by atoms with Crippen molar-refractivity contribution in [3.63, 3.8) is 0 Å². The lowest BCUT2D eigenvalue weighted by molar-refractivity contribution is 0.0961. The SMILES string of the molecule is CCc1ccc(Nc2n[nH]c3c2C(=O)CC(c2ccco2)C3)cc1. The molecule has 2 N–H and O–H groups in total. The number of fused-ring (bicyclic) bond motifs is 1. The molecule has 4 rings (SSSR count). The quantitative estimate of drug-likeness (QED) is 0.754.